The van der Waals surface area contributed by atoms with Crippen molar-refractivity contribution in [2.75, 3.05) is 46.9 Å². The minimum atomic E-state index is 0.167. The summed E-state index contributed by atoms with van der Waals surface area (Å²) in [5, 5.41) is 6.78. The quantitative estimate of drug-likeness (QED) is 0.521. The van der Waals surface area contributed by atoms with E-state index >= 15 is 0 Å². The van der Waals surface area contributed by atoms with E-state index in [4.69, 9.17) is 9.47 Å². The van der Waals surface area contributed by atoms with Crippen molar-refractivity contribution in [1.82, 2.24) is 15.5 Å². The highest BCUT2D eigenvalue weighted by atomic mass is 16.5. The highest BCUT2D eigenvalue weighted by molar-refractivity contribution is 5.79. The average molecular weight is 346 g/mol. The second-order valence-corrected chi connectivity index (χ2v) is 6.69. The summed E-state index contributed by atoms with van der Waals surface area (Å²) in [6.45, 7) is 4.45. The van der Waals surface area contributed by atoms with Crippen molar-refractivity contribution in [2.24, 2.45) is 4.99 Å². The summed E-state index contributed by atoms with van der Waals surface area (Å²) in [6.07, 6.45) is 3.75. The minimum Gasteiger partial charge on any atom is -0.488 e. The maximum atomic E-state index is 5.96. The molecule has 0 radical (unpaired) electrons. The molecule has 1 aliphatic carbocycles. The van der Waals surface area contributed by atoms with Crippen molar-refractivity contribution in [2.45, 2.75) is 31.4 Å². The van der Waals surface area contributed by atoms with Crippen LogP contribution in [0.15, 0.2) is 29.3 Å². The Labute approximate surface area is 150 Å². The van der Waals surface area contributed by atoms with Crippen LogP contribution >= 0.6 is 0 Å². The van der Waals surface area contributed by atoms with Crippen molar-refractivity contribution in [3.63, 3.8) is 0 Å². The van der Waals surface area contributed by atoms with Gasteiger partial charge in [-0.15, -0.1) is 0 Å². The molecule has 25 heavy (non-hydrogen) atoms. The lowest BCUT2D eigenvalue weighted by Gasteiger charge is -2.22. The number of methoxy groups -OCH3 is 1. The van der Waals surface area contributed by atoms with Gasteiger partial charge in [0, 0.05) is 46.3 Å². The van der Waals surface area contributed by atoms with Gasteiger partial charge in [-0.2, -0.15) is 0 Å². The van der Waals surface area contributed by atoms with Gasteiger partial charge < -0.3 is 20.1 Å². The van der Waals surface area contributed by atoms with Crippen LogP contribution in [-0.4, -0.2) is 69.9 Å². The molecule has 6 heteroatoms. The van der Waals surface area contributed by atoms with Crippen LogP contribution in [0.3, 0.4) is 0 Å². The van der Waals surface area contributed by atoms with Crippen molar-refractivity contribution < 1.29 is 9.47 Å². The smallest absolute Gasteiger partial charge is 0.191 e. The van der Waals surface area contributed by atoms with Crippen LogP contribution in [0.2, 0.25) is 0 Å². The zero-order chi connectivity index (χ0) is 17.5. The van der Waals surface area contributed by atoms with Crippen molar-refractivity contribution in [1.29, 1.82) is 0 Å². The molecule has 0 aromatic heterocycles. The van der Waals surface area contributed by atoms with E-state index in [-0.39, 0.29) is 6.10 Å². The van der Waals surface area contributed by atoms with Crippen LogP contribution < -0.4 is 15.4 Å². The normalized spacial score (nSPS) is 19.6. The van der Waals surface area contributed by atoms with E-state index < -0.39 is 0 Å². The number of ether oxygens (including phenoxy) is 2. The first-order valence-corrected chi connectivity index (χ1v) is 9.22. The van der Waals surface area contributed by atoms with Gasteiger partial charge in [0.15, 0.2) is 5.96 Å². The third kappa shape index (κ3) is 5.34. The predicted molar refractivity (Wildman–Crippen MR) is 100 cm³/mol. The van der Waals surface area contributed by atoms with Gasteiger partial charge in [0.2, 0.25) is 0 Å². The summed E-state index contributed by atoms with van der Waals surface area (Å²) in [5.41, 5.74) is 1.29. The van der Waals surface area contributed by atoms with Gasteiger partial charge >= 0.3 is 0 Å². The first-order valence-electron chi connectivity index (χ1n) is 9.22. The van der Waals surface area contributed by atoms with E-state index in [1.165, 1.54) is 18.4 Å². The molecule has 1 unspecified atom stereocenters. The molecule has 0 saturated heterocycles. The Bertz CT molecular complexity index is 549. The third-order valence-electron chi connectivity index (χ3n) is 4.77. The maximum Gasteiger partial charge on any atom is 0.191 e. The van der Waals surface area contributed by atoms with Gasteiger partial charge in [0.25, 0.3) is 0 Å². The van der Waals surface area contributed by atoms with E-state index in [2.05, 4.69) is 32.7 Å². The molecule has 1 heterocycles. The summed E-state index contributed by atoms with van der Waals surface area (Å²) in [7, 11) is 3.57. The summed E-state index contributed by atoms with van der Waals surface area (Å²) in [4.78, 5) is 6.81. The predicted octanol–water partition coefficient (Wildman–Crippen LogP) is 1.27. The second-order valence-electron chi connectivity index (χ2n) is 6.69. The molecule has 1 atom stereocenters. The number of aliphatic imine (C=N–C) groups is 1. The molecule has 1 aromatic carbocycles. The lowest BCUT2D eigenvalue weighted by molar-refractivity contribution is 0.144. The van der Waals surface area contributed by atoms with E-state index in [1.54, 1.807) is 7.11 Å². The van der Waals surface area contributed by atoms with E-state index in [1.807, 2.05) is 19.2 Å². The fourth-order valence-electron chi connectivity index (χ4n) is 3.24. The Kier molecular flexibility index (Phi) is 6.53. The largest absolute Gasteiger partial charge is 0.488 e. The second kappa shape index (κ2) is 9.06. The number of hydrogen-bond acceptors (Lipinski definition) is 4. The number of hydrogen-bond donors (Lipinski definition) is 2. The summed E-state index contributed by atoms with van der Waals surface area (Å²) >= 11 is 0. The monoisotopic (exact) mass is 346 g/mol. The van der Waals surface area contributed by atoms with E-state index in [9.17, 15) is 0 Å². The van der Waals surface area contributed by atoms with Crippen molar-refractivity contribution >= 4 is 5.96 Å². The van der Waals surface area contributed by atoms with Crippen LogP contribution in [0.25, 0.3) is 0 Å². The average Bonchev–Trinajstić information content (AvgIpc) is 3.39. The van der Waals surface area contributed by atoms with Gasteiger partial charge in [-0.05, 0) is 24.5 Å². The van der Waals surface area contributed by atoms with Crippen LogP contribution in [0, 0.1) is 0 Å². The zero-order valence-electron chi connectivity index (χ0n) is 15.3. The van der Waals surface area contributed by atoms with Crippen LogP contribution in [0.4, 0.5) is 0 Å². The van der Waals surface area contributed by atoms with Crippen LogP contribution in [0.1, 0.15) is 18.4 Å². The van der Waals surface area contributed by atoms with Crippen molar-refractivity contribution in [3.05, 3.63) is 29.8 Å². The molecule has 1 aromatic rings. The molecule has 0 bridgehead atoms. The molecule has 2 aliphatic rings. The highest BCUT2D eigenvalue weighted by Crippen LogP contribution is 2.27. The molecule has 1 saturated carbocycles. The fourth-order valence-corrected chi connectivity index (χ4v) is 3.24. The Morgan fingerprint density at radius 3 is 2.84 bits per heavy atom. The Morgan fingerprint density at radius 1 is 1.28 bits per heavy atom. The molecule has 1 aliphatic heterocycles. The summed E-state index contributed by atoms with van der Waals surface area (Å²) in [5.74, 6) is 1.84. The lowest BCUT2D eigenvalue weighted by Crippen LogP contribution is -2.45. The molecule has 3 rings (SSSR count). The first-order chi connectivity index (χ1) is 12.3. The van der Waals surface area contributed by atoms with Crippen LogP contribution in [-0.2, 0) is 11.2 Å². The molecular weight excluding hydrogens is 316 g/mol. The lowest BCUT2D eigenvalue weighted by atomic mass is 10.1. The molecule has 138 valence electrons. The van der Waals surface area contributed by atoms with Gasteiger partial charge in [0.05, 0.1) is 13.2 Å². The zero-order valence-corrected chi connectivity index (χ0v) is 15.3. The van der Waals surface area contributed by atoms with E-state index in [0.29, 0.717) is 0 Å². The number of guanidine groups is 1. The van der Waals surface area contributed by atoms with Gasteiger partial charge in [-0.25, -0.2) is 0 Å². The minimum absolute atomic E-state index is 0.167. The highest BCUT2D eigenvalue weighted by Gasteiger charge is 2.28. The molecule has 0 spiro atoms. The Hall–Kier alpha value is -1.79. The van der Waals surface area contributed by atoms with E-state index in [0.717, 1.165) is 57.0 Å². The standard InChI is InChI=1S/C19H30N4O2/c1-20-19(21-9-10-23(11-12-24-2)16-7-8-16)22-14-17-13-15-5-3-4-6-18(15)25-17/h3-6,16-17H,7-14H2,1-2H3,(H2,20,21,22). The number of nitrogens with zero attached hydrogens (tertiary/aromatic N) is 2. The first kappa shape index (κ1) is 18.0. The maximum absolute atomic E-state index is 5.96. The number of fused-ring (bicyclic) bond motifs is 1. The number of nitrogens with one attached hydrogen (secondary N) is 2. The Morgan fingerprint density at radius 2 is 2.12 bits per heavy atom. The SMILES string of the molecule is CN=C(NCCN(CCOC)C1CC1)NCC1Cc2ccccc2O1. The summed E-state index contributed by atoms with van der Waals surface area (Å²) in [6, 6.07) is 9.00. The van der Waals surface area contributed by atoms with Gasteiger partial charge in [0.1, 0.15) is 11.9 Å². The molecular formula is C19H30N4O2. The number of para-hydroxylation sites is 1. The topological polar surface area (TPSA) is 58.1 Å². The molecule has 2 N–H and O–H groups in total. The van der Waals surface area contributed by atoms with Crippen LogP contribution in [0.5, 0.6) is 5.75 Å². The molecule has 6 nitrogen and oxygen atoms in total. The Balaban J connectivity index is 1.36. The molecule has 1 fully saturated rings. The van der Waals surface area contributed by atoms with Crippen molar-refractivity contribution in [3.8, 4) is 5.75 Å². The summed E-state index contributed by atoms with van der Waals surface area (Å²) < 4.78 is 11.2. The molecule has 0 amide bonds. The van der Waals surface area contributed by atoms with Gasteiger partial charge in [-0.1, -0.05) is 18.2 Å². The fraction of sp³-hybridized carbons (Fsp3) is 0.632. The number of rotatable bonds is 9. The number of benzene rings is 1. The van der Waals surface area contributed by atoms with Gasteiger partial charge in [-0.3, -0.25) is 9.89 Å². The third-order valence-corrected chi connectivity index (χ3v) is 4.77.